The van der Waals surface area contributed by atoms with Gasteiger partial charge in [0.1, 0.15) is 12.2 Å². The van der Waals surface area contributed by atoms with E-state index in [0.29, 0.717) is 0 Å². The van der Waals surface area contributed by atoms with Crippen LogP contribution in [0.3, 0.4) is 0 Å². The Bertz CT molecular complexity index is 563. The van der Waals surface area contributed by atoms with Crippen LogP contribution >= 0.6 is 0 Å². The lowest BCUT2D eigenvalue weighted by Gasteiger charge is -2.38. The second-order valence-electron chi connectivity index (χ2n) is 7.57. The lowest BCUT2D eigenvalue weighted by molar-refractivity contribution is 0.141. The molecule has 2 heterocycles. The zero-order chi connectivity index (χ0) is 17.2. The summed E-state index contributed by atoms with van der Waals surface area (Å²) in [6.45, 7) is 2.30. The van der Waals surface area contributed by atoms with Gasteiger partial charge in [-0.25, -0.2) is 4.79 Å². The molecule has 1 aromatic rings. The zero-order valence-electron chi connectivity index (χ0n) is 15.2. The summed E-state index contributed by atoms with van der Waals surface area (Å²) in [5.41, 5.74) is 0.133. The average Bonchev–Trinajstić information content (AvgIpc) is 3.22. The number of rotatable bonds is 4. The zero-order valence-corrected chi connectivity index (χ0v) is 15.2. The summed E-state index contributed by atoms with van der Waals surface area (Å²) in [4.78, 5) is 16.9. The van der Waals surface area contributed by atoms with E-state index in [-0.39, 0.29) is 17.5 Å². The third-order valence-corrected chi connectivity index (χ3v) is 5.87. The van der Waals surface area contributed by atoms with Crippen LogP contribution in [0.25, 0.3) is 0 Å². The first-order valence-electron chi connectivity index (χ1n) is 9.06. The molecule has 2 fully saturated rings. The smallest absolute Gasteiger partial charge is 0.317 e. The highest BCUT2D eigenvalue weighted by Crippen LogP contribution is 2.33. The largest absolute Gasteiger partial charge is 0.336 e. The highest BCUT2D eigenvalue weighted by atomic mass is 16.2. The number of amides is 2. The molecule has 7 nitrogen and oxygen atoms in total. The fourth-order valence-electron chi connectivity index (χ4n) is 4.20. The number of aryl methyl sites for hydroxylation is 1. The van der Waals surface area contributed by atoms with Crippen molar-refractivity contribution in [3.8, 4) is 0 Å². The first-order valence-corrected chi connectivity index (χ1v) is 9.06. The maximum absolute atomic E-state index is 12.7. The van der Waals surface area contributed by atoms with E-state index in [9.17, 15) is 4.79 Å². The Morgan fingerprint density at radius 3 is 2.75 bits per heavy atom. The van der Waals surface area contributed by atoms with Gasteiger partial charge in [0.2, 0.25) is 0 Å². The van der Waals surface area contributed by atoms with Gasteiger partial charge in [0.15, 0.2) is 0 Å². The molecular formula is C17H30N6O. The first-order chi connectivity index (χ1) is 11.5. The van der Waals surface area contributed by atoms with Crippen LogP contribution in [0, 0.1) is 0 Å². The van der Waals surface area contributed by atoms with Crippen molar-refractivity contribution in [3.05, 3.63) is 12.2 Å². The van der Waals surface area contributed by atoms with Crippen LogP contribution in [0.2, 0.25) is 0 Å². The van der Waals surface area contributed by atoms with E-state index in [2.05, 4.69) is 34.5 Å². The third-order valence-electron chi connectivity index (χ3n) is 5.87. The van der Waals surface area contributed by atoms with Gasteiger partial charge in [0.05, 0.1) is 0 Å². The van der Waals surface area contributed by atoms with E-state index in [1.54, 1.807) is 6.33 Å². The molecule has 0 bridgehead atoms. The van der Waals surface area contributed by atoms with Gasteiger partial charge in [-0.15, -0.1) is 10.2 Å². The molecule has 7 heteroatoms. The first kappa shape index (κ1) is 17.2. The predicted octanol–water partition coefficient (Wildman–Crippen LogP) is 1.58. The fraction of sp³-hybridized carbons (Fsp3) is 0.824. The van der Waals surface area contributed by atoms with Gasteiger partial charge in [0.25, 0.3) is 0 Å². The van der Waals surface area contributed by atoms with Crippen LogP contribution in [0.4, 0.5) is 4.79 Å². The van der Waals surface area contributed by atoms with Crippen molar-refractivity contribution in [2.45, 2.75) is 50.0 Å². The van der Waals surface area contributed by atoms with Crippen molar-refractivity contribution in [2.75, 3.05) is 33.7 Å². The van der Waals surface area contributed by atoms with E-state index < -0.39 is 0 Å². The quantitative estimate of drug-likeness (QED) is 0.908. The van der Waals surface area contributed by atoms with E-state index in [4.69, 9.17) is 0 Å². The Balaban J connectivity index is 1.58. The Kier molecular flexibility index (Phi) is 5.08. The number of piperidine rings is 1. The van der Waals surface area contributed by atoms with E-state index in [1.807, 2.05) is 16.5 Å². The molecule has 0 aromatic carbocycles. The number of hydrogen-bond acceptors (Lipinski definition) is 4. The van der Waals surface area contributed by atoms with Crippen LogP contribution in [0.15, 0.2) is 6.33 Å². The Hall–Kier alpha value is -1.63. The Labute approximate surface area is 144 Å². The number of carbonyl (C=O) groups is 1. The lowest BCUT2D eigenvalue weighted by Crippen LogP contribution is -2.54. The van der Waals surface area contributed by atoms with Crippen molar-refractivity contribution in [1.82, 2.24) is 29.9 Å². The van der Waals surface area contributed by atoms with Crippen molar-refractivity contribution < 1.29 is 4.79 Å². The molecule has 1 atom stereocenters. The summed E-state index contributed by atoms with van der Waals surface area (Å²) in [5, 5.41) is 11.4. The van der Waals surface area contributed by atoms with Crippen LogP contribution < -0.4 is 5.32 Å². The molecule has 2 aliphatic rings. The fourth-order valence-corrected chi connectivity index (χ4v) is 4.20. The number of likely N-dealkylation sites (tertiary alicyclic amines) is 1. The average molecular weight is 334 g/mol. The Morgan fingerprint density at radius 1 is 1.38 bits per heavy atom. The summed E-state index contributed by atoms with van der Waals surface area (Å²) in [6.07, 6.45) is 8.67. The third kappa shape index (κ3) is 3.41. The molecule has 1 aromatic heterocycles. The molecule has 1 saturated carbocycles. The van der Waals surface area contributed by atoms with Crippen LogP contribution in [0.1, 0.15) is 50.3 Å². The molecule has 1 aliphatic heterocycles. The molecular weight excluding hydrogens is 304 g/mol. The minimum atomic E-state index is 0.0648. The standard InChI is InChI=1S/C17H30N6O/c1-21(2)17(8-4-5-9-17)12-18-16(24)23-10-6-7-14(11-23)15-20-19-13-22(15)3/h13-14H,4-12H2,1-3H3,(H,18,24)/t14-/m1/s1. The summed E-state index contributed by atoms with van der Waals surface area (Å²) >= 11 is 0. The van der Waals surface area contributed by atoms with E-state index in [1.165, 1.54) is 25.7 Å². The number of hydrogen-bond donors (Lipinski definition) is 1. The van der Waals surface area contributed by atoms with Crippen molar-refractivity contribution >= 4 is 6.03 Å². The number of carbonyl (C=O) groups excluding carboxylic acids is 1. The molecule has 0 spiro atoms. The van der Waals surface area contributed by atoms with Gasteiger partial charge in [-0.2, -0.15) is 0 Å². The van der Waals surface area contributed by atoms with Crippen LogP contribution in [-0.2, 0) is 7.05 Å². The molecule has 1 saturated heterocycles. The highest BCUT2D eigenvalue weighted by molar-refractivity contribution is 5.74. The molecule has 24 heavy (non-hydrogen) atoms. The van der Waals surface area contributed by atoms with Crippen molar-refractivity contribution in [3.63, 3.8) is 0 Å². The molecule has 0 unspecified atom stereocenters. The monoisotopic (exact) mass is 334 g/mol. The van der Waals surface area contributed by atoms with Crippen LogP contribution in [0.5, 0.6) is 0 Å². The van der Waals surface area contributed by atoms with Crippen molar-refractivity contribution in [1.29, 1.82) is 0 Å². The number of likely N-dealkylation sites (N-methyl/N-ethyl adjacent to an activating group) is 1. The number of aromatic nitrogens is 3. The maximum Gasteiger partial charge on any atom is 0.317 e. The van der Waals surface area contributed by atoms with Gasteiger partial charge >= 0.3 is 6.03 Å². The molecule has 1 N–H and O–H groups in total. The summed E-state index contributed by atoms with van der Waals surface area (Å²) in [7, 11) is 6.22. The van der Waals surface area contributed by atoms with Gasteiger partial charge in [-0.1, -0.05) is 12.8 Å². The number of nitrogens with one attached hydrogen (secondary N) is 1. The van der Waals surface area contributed by atoms with Gasteiger partial charge in [0, 0.05) is 38.1 Å². The normalized spacial score (nSPS) is 23.7. The maximum atomic E-state index is 12.7. The van der Waals surface area contributed by atoms with E-state index in [0.717, 1.165) is 38.3 Å². The SMILES string of the molecule is CN(C)C1(CNC(=O)N2CCC[C@@H](c3nncn3C)C2)CCCC1. The highest BCUT2D eigenvalue weighted by Gasteiger charge is 2.37. The number of urea groups is 1. The molecule has 3 rings (SSSR count). The second-order valence-corrected chi connectivity index (χ2v) is 7.57. The predicted molar refractivity (Wildman–Crippen MR) is 92.8 cm³/mol. The molecule has 2 amide bonds. The van der Waals surface area contributed by atoms with Crippen molar-refractivity contribution in [2.24, 2.45) is 7.05 Å². The minimum Gasteiger partial charge on any atom is -0.336 e. The molecule has 0 radical (unpaired) electrons. The summed E-state index contributed by atoms with van der Waals surface area (Å²) in [5.74, 6) is 1.26. The Morgan fingerprint density at radius 2 is 2.12 bits per heavy atom. The van der Waals surface area contributed by atoms with Crippen LogP contribution in [-0.4, -0.2) is 69.9 Å². The summed E-state index contributed by atoms with van der Waals surface area (Å²) < 4.78 is 1.96. The number of nitrogens with zero attached hydrogens (tertiary/aromatic N) is 5. The minimum absolute atomic E-state index is 0.0648. The van der Waals surface area contributed by atoms with E-state index >= 15 is 0 Å². The molecule has 134 valence electrons. The van der Waals surface area contributed by atoms with Gasteiger partial charge in [-0.05, 0) is 39.8 Å². The topological polar surface area (TPSA) is 66.3 Å². The summed E-state index contributed by atoms with van der Waals surface area (Å²) in [6, 6.07) is 0.0648. The van der Waals surface area contributed by atoms with Gasteiger partial charge in [-0.3, -0.25) is 0 Å². The van der Waals surface area contributed by atoms with Gasteiger partial charge < -0.3 is 19.7 Å². The molecule has 1 aliphatic carbocycles. The lowest BCUT2D eigenvalue weighted by atomic mass is 9.95. The second kappa shape index (κ2) is 7.09.